The van der Waals surface area contributed by atoms with E-state index in [1.54, 1.807) is 62.0 Å². The van der Waals surface area contributed by atoms with Crippen LogP contribution < -0.4 is 4.74 Å². The molecule has 34 heavy (non-hydrogen) atoms. The molecular formula is C27H25FN2O4. The third kappa shape index (κ3) is 4.29. The average Bonchev–Trinajstić information content (AvgIpc) is 3.10. The normalized spacial score (nSPS) is 17.4. The Bertz CT molecular complexity index is 1250. The molecule has 1 aliphatic heterocycles. The molecule has 2 heterocycles. The van der Waals surface area contributed by atoms with Gasteiger partial charge in [0.15, 0.2) is 0 Å². The molecule has 1 N–H and O–H groups in total. The highest BCUT2D eigenvalue weighted by molar-refractivity contribution is 6.46. The molecule has 174 valence electrons. The average molecular weight is 461 g/mol. The number of carbonyl (C=O) groups is 2. The topological polar surface area (TPSA) is 79.7 Å². The number of aliphatic hydroxyl groups is 1. The molecular weight excluding hydrogens is 435 g/mol. The van der Waals surface area contributed by atoms with Gasteiger partial charge in [0.2, 0.25) is 0 Å². The third-order valence-corrected chi connectivity index (χ3v) is 5.95. The van der Waals surface area contributed by atoms with Crippen molar-refractivity contribution < 1.29 is 23.8 Å². The number of hydrogen-bond donors (Lipinski definition) is 1. The van der Waals surface area contributed by atoms with Crippen LogP contribution in [0.1, 0.15) is 48.1 Å². The van der Waals surface area contributed by atoms with Crippen molar-refractivity contribution in [2.75, 3.05) is 7.11 Å². The first-order valence-corrected chi connectivity index (χ1v) is 10.9. The van der Waals surface area contributed by atoms with Crippen LogP contribution >= 0.6 is 0 Å². The van der Waals surface area contributed by atoms with Gasteiger partial charge in [0.25, 0.3) is 11.7 Å². The van der Waals surface area contributed by atoms with Gasteiger partial charge in [-0.25, -0.2) is 4.39 Å². The van der Waals surface area contributed by atoms with Gasteiger partial charge in [0, 0.05) is 24.5 Å². The van der Waals surface area contributed by atoms with Crippen LogP contribution in [0, 0.1) is 5.82 Å². The Kier molecular flexibility index (Phi) is 6.45. The van der Waals surface area contributed by atoms with E-state index in [9.17, 15) is 19.1 Å². The van der Waals surface area contributed by atoms with Crippen molar-refractivity contribution in [2.24, 2.45) is 0 Å². The monoisotopic (exact) mass is 460 g/mol. The molecule has 1 aromatic heterocycles. The molecule has 2 aromatic carbocycles. The summed E-state index contributed by atoms with van der Waals surface area (Å²) in [5.74, 6) is -1.37. The predicted molar refractivity (Wildman–Crippen MR) is 126 cm³/mol. The number of ketones is 1. The maximum absolute atomic E-state index is 13.4. The van der Waals surface area contributed by atoms with Gasteiger partial charge in [-0.3, -0.25) is 14.6 Å². The van der Waals surface area contributed by atoms with Crippen LogP contribution in [0.25, 0.3) is 5.76 Å². The number of methoxy groups -OCH3 is 1. The number of halogens is 1. The Morgan fingerprint density at radius 3 is 2.38 bits per heavy atom. The molecule has 4 rings (SSSR count). The van der Waals surface area contributed by atoms with E-state index in [1.165, 1.54) is 17.0 Å². The van der Waals surface area contributed by atoms with Crippen molar-refractivity contribution in [2.45, 2.75) is 32.4 Å². The number of ether oxygens (including phenoxy) is 1. The number of likely N-dealkylation sites (tertiary alicyclic amines) is 1. The summed E-state index contributed by atoms with van der Waals surface area (Å²) < 4.78 is 18.8. The Hall–Kier alpha value is -4.00. The number of hydrogen-bond acceptors (Lipinski definition) is 5. The van der Waals surface area contributed by atoms with Gasteiger partial charge in [-0.1, -0.05) is 26.0 Å². The fourth-order valence-corrected chi connectivity index (χ4v) is 4.21. The molecule has 1 saturated heterocycles. The lowest BCUT2D eigenvalue weighted by atomic mass is 9.93. The second kappa shape index (κ2) is 9.47. The van der Waals surface area contributed by atoms with Gasteiger partial charge in [0.05, 0.1) is 18.7 Å². The van der Waals surface area contributed by atoms with E-state index in [4.69, 9.17) is 4.74 Å². The van der Waals surface area contributed by atoms with Crippen LogP contribution in [0.2, 0.25) is 0 Å². The number of pyridine rings is 1. The lowest BCUT2D eigenvalue weighted by Crippen LogP contribution is -2.29. The first kappa shape index (κ1) is 23.2. The molecule has 0 radical (unpaired) electrons. The highest BCUT2D eigenvalue weighted by atomic mass is 19.1. The summed E-state index contributed by atoms with van der Waals surface area (Å²) in [4.78, 5) is 31.7. The van der Waals surface area contributed by atoms with Crippen LogP contribution in [0.3, 0.4) is 0 Å². The molecule has 1 fully saturated rings. The number of Topliss-reactive ketones (excluding diaryl/α,β-unsaturated/α-hetero) is 1. The maximum Gasteiger partial charge on any atom is 0.295 e. The molecule has 0 saturated carbocycles. The minimum Gasteiger partial charge on any atom is -0.507 e. The molecule has 3 aromatic rings. The first-order chi connectivity index (χ1) is 16.3. The molecule has 1 aliphatic rings. The predicted octanol–water partition coefficient (Wildman–Crippen LogP) is 4.97. The van der Waals surface area contributed by atoms with Crippen LogP contribution in [0.5, 0.6) is 5.75 Å². The zero-order chi connectivity index (χ0) is 24.4. The zero-order valence-electron chi connectivity index (χ0n) is 19.2. The van der Waals surface area contributed by atoms with Crippen LogP contribution in [-0.4, -0.2) is 33.8 Å². The van der Waals surface area contributed by atoms with E-state index in [1.807, 2.05) is 13.8 Å². The number of rotatable bonds is 6. The van der Waals surface area contributed by atoms with Crippen molar-refractivity contribution in [1.82, 2.24) is 9.88 Å². The summed E-state index contributed by atoms with van der Waals surface area (Å²) in [5.41, 5.74) is 2.58. The molecule has 1 amide bonds. The van der Waals surface area contributed by atoms with Gasteiger partial charge >= 0.3 is 0 Å². The minimum atomic E-state index is -0.822. The zero-order valence-corrected chi connectivity index (χ0v) is 19.2. The number of aliphatic hydroxyl groups excluding tert-OH is 1. The summed E-state index contributed by atoms with van der Waals surface area (Å²) >= 11 is 0. The standard InChI is InChI=1S/C27H25FN2O4/c1-16(2)21-14-19(6-9-22(21)34-3)25(31)23-24(18-10-12-29-13-11-18)30(27(33)26(23)32)15-17-4-7-20(28)8-5-17/h4-14,16,24,31H,15H2,1-3H3/b25-23-. The van der Waals surface area contributed by atoms with Crippen LogP contribution in [0.15, 0.2) is 72.6 Å². The molecule has 6 nitrogen and oxygen atoms in total. The molecule has 7 heteroatoms. The Morgan fingerprint density at radius 2 is 1.76 bits per heavy atom. The quantitative estimate of drug-likeness (QED) is 0.319. The number of carbonyl (C=O) groups excluding carboxylic acids is 2. The Morgan fingerprint density at radius 1 is 1.09 bits per heavy atom. The van der Waals surface area contributed by atoms with E-state index < -0.39 is 23.5 Å². The fraction of sp³-hybridized carbons (Fsp3) is 0.222. The number of aromatic nitrogens is 1. The van der Waals surface area contributed by atoms with Crippen LogP contribution in [-0.2, 0) is 16.1 Å². The largest absolute Gasteiger partial charge is 0.507 e. The molecule has 0 aliphatic carbocycles. The van der Waals surface area contributed by atoms with Crippen molar-refractivity contribution in [3.63, 3.8) is 0 Å². The van der Waals surface area contributed by atoms with Gasteiger partial charge in [-0.2, -0.15) is 0 Å². The Labute approximate surface area is 197 Å². The lowest BCUT2D eigenvalue weighted by Gasteiger charge is -2.25. The van der Waals surface area contributed by atoms with Gasteiger partial charge in [-0.15, -0.1) is 0 Å². The van der Waals surface area contributed by atoms with Crippen molar-refractivity contribution >= 4 is 17.4 Å². The van der Waals surface area contributed by atoms with E-state index in [0.29, 0.717) is 22.4 Å². The number of benzene rings is 2. The van der Waals surface area contributed by atoms with Crippen molar-refractivity contribution in [3.05, 3.63) is 101 Å². The first-order valence-electron chi connectivity index (χ1n) is 10.9. The second-order valence-corrected chi connectivity index (χ2v) is 8.45. The molecule has 0 bridgehead atoms. The third-order valence-electron chi connectivity index (χ3n) is 5.95. The highest BCUT2D eigenvalue weighted by Gasteiger charge is 2.46. The maximum atomic E-state index is 13.4. The van der Waals surface area contributed by atoms with Crippen LogP contribution in [0.4, 0.5) is 4.39 Å². The van der Waals surface area contributed by atoms with E-state index in [-0.39, 0.29) is 23.8 Å². The summed E-state index contributed by atoms with van der Waals surface area (Å²) in [7, 11) is 1.57. The number of amides is 1. The minimum absolute atomic E-state index is 0.00168. The summed E-state index contributed by atoms with van der Waals surface area (Å²) in [6, 6.07) is 13.5. The molecule has 1 unspecified atom stereocenters. The van der Waals surface area contributed by atoms with Crippen molar-refractivity contribution in [3.8, 4) is 5.75 Å². The molecule has 1 atom stereocenters. The summed E-state index contributed by atoms with van der Waals surface area (Å²) in [5, 5.41) is 11.3. The number of nitrogens with zero attached hydrogens (tertiary/aromatic N) is 2. The second-order valence-electron chi connectivity index (χ2n) is 8.45. The lowest BCUT2D eigenvalue weighted by molar-refractivity contribution is -0.140. The molecule has 0 spiro atoms. The van der Waals surface area contributed by atoms with E-state index >= 15 is 0 Å². The SMILES string of the molecule is COc1ccc(/C(O)=C2/C(=O)C(=O)N(Cc3ccc(F)cc3)C2c2ccncc2)cc1C(C)C. The fourth-order valence-electron chi connectivity index (χ4n) is 4.21. The smallest absolute Gasteiger partial charge is 0.295 e. The van der Waals surface area contributed by atoms with E-state index in [0.717, 1.165) is 5.56 Å². The van der Waals surface area contributed by atoms with Gasteiger partial charge in [0.1, 0.15) is 17.3 Å². The highest BCUT2D eigenvalue weighted by Crippen LogP contribution is 2.41. The van der Waals surface area contributed by atoms with Crippen molar-refractivity contribution in [1.29, 1.82) is 0 Å². The van der Waals surface area contributed by atoms with E-state index in [2.05, 4.69) is 4.98 Å². The summed E-state index contributed by atoms with van der Waals surface area (Å²) in [6.07, 6.45) is 3.13. The van der Waals surface area contributed by atoms with Gasteiger partial charge < -0.3 is 14.7 Å². The summed E-state index contributed by atoms with van der Waals surface area (Å²) in [6.45, 7) is 4.08. The van der Waals surface area contributed by atoms with Gasteiger partial charge in [-0.05, 0) is 65.1 Å². The Balaban J connectivity index is 1.85.